The minimum atomic E-state index is 0.449. The molecule has 4 heteroatoms. The van der Waals surface area contributed by atoms with Gasteiger partial charge in [0.25, 0.3) is 0 Å². The Hall–Kier alpha value is -1.16. The van der Waals surface area contributed by atoms with Crippen LogP contribution in [0.4, 0.5) is 0 Å². The standard InChI is InChI=1S/C17H18ClNOS/c18-15-6-3-5-12(8-9-19)17(15)20-11-14-10-13-4-1-2-7-16(13)21-14/h1-7,14H,8-11,19H2. The second kappa shape index (κ2) is 6.73. The first-order valence-electron chi connectivity index (χ1n) is 7.12. The van der Waals surface area contributed by atoms with E-state index < -0.39 is 0 Å². The third-order valence-electron chi connectivity index (χ3n) is 3.59. The van der Waals surface area contributed by atoms with E-state index in [1.165, 1.54) is 10.5 Å². The van der Waals surface area contributed by atoms with Crippen LogP contribution in [0.1, 0.15) is 11.1 Å². The Kier molecular flexibility index (Phi) is 4.73. The van der Waals surface area contributed by atoms with Gasteiger partial charge < -0.3 is 10.5 Å². The molecule has 1 aliphatic rings. The number of nitrogens with two attached hydrogens (primary N) is 1. The van der Waals surface area contributed by atoms with Gasteiger partial charge in [-0.15, -0.1) is 11.8 Å². The number of ether oxygens (including phenoxy) is 1. The van der Waals surface area contributed by atoms with Crippen molar-refractivity contribution >= 4 is 23.4 Å². The summed E-state index contributed by atoms with van der Waals surface area (Å²) in [6, 6.07) is 14.4. The fraction of sp³-hybridized carbons (Fsp3) is 0.294. The van der Waals surface area contributed by atoms with Crippen LogP contribution in [0.15, 0.2) is 47.4 Å². The molecule has 2 aromatic rings. The van der Waals surface area contributed by atoms with Gasteiger partial charge >= 0.3 is 0 Å². The first-order chi connectivity index (χ1) is 10.3. The fourth-order valence-corrected chi connectivity index (χ4v) is 4.06. The van der Waals surface area contributed by atoms with E-state index in [4.69, 9.17) is 22.1 Å². The predicted molar refractivity (Wildman–Crippen MR) is 89.5 cm³/mol. The van der Waals surface area contributed by atoms with Gasteiger partial charge in [0.15, 0.2) is 0 Å². The number of benzene rings is 2. The van der Waals surface area contributed by atoms with Crippen LogP contribution < -0.4 is 10.5 Å². The van der Waals surface area contributed by atoms with Gasteiger partial charge in [-0.05, 0) is 42.6 Å². The Balaban J connectivity index is 1.67. The molecule has 0 saturated heterocycles. The lowest BCUT2D eigenvalue weighted by atomic mass is 10.1. The molecule has 1 atom stereocenters. The highest BCUT2D eigenvalue weighted by Gasteiger charge is 2.23. The topological polar surface area (TPSA) is 35.2 Å². The maximum atomic E-state index is 6.27. The molecule has 1 unspecified atom stereocenters. The molecule has 0 aromatic heterocycles. The largest absolute Gasteiger partial charge is 0.491 e. The normalized spacial score (nSPS) is 16.8. The number of fused-ring (bicyclic) bond motifs is 1. The van der Waals surface area contributed by atoms with Crippen LogP contribution in [0.3, 0.4) is 0 Å². The summed E-state index contributed by atoms with van der Waals surface area (Å²) in [5.41, 5.74) is 8.16. The molecular formula is C17H18ClNOS. The predicted octanol–water partition coefficient (Wildman–Crippen LogP) is 3.94. The lowest BCUT2D eigenvalue weighted by Crippen LogP contribution is -2.15. The second-order valence-electron chi connectivity index (χ2n) is 5.13. The molecule has 110 valence electrons. The Morgan fingerprint density at radius 1 is 1.19 bits per heavy atom. The maximum Gasteiger partial charge on any atom is 0.141 e. The van der Waals surface area contributed by atoms with Crippen molar-refractivity contribution in [2.45, 2.75) is 23.0 Å². The van der Waals surface area contributed by atoms with Crippen molar-refractivity contribution in [1.82, 2.24) is 0 Å². The van der Waals surface area contributed by atoms with Crippen molar-refractivity contribution in [1.29, 1.82) is 0 Å². The summed E-state index contributed by atoms with van der Waals surface area (Å²) in [4.78, 5) is 1.37. The summed E-state index contributed by atoms with van der Waals surface area (Å²) >= 11 is 8.15. The lowest BCUT2D eigenvalue weighted by molar-refractivity contribution is 0.314. The average Bonchev–Trinajstić information content (AvgIpc) is 2.90. The van der Waals surface area contributed by atoms with Crippen molar-refractivity contribution < 1.29 is 4.74 Å². The average molecular weight is 320 g/mol. The monoisotopic (exact) mass is 319 g/mol. The van der Waals surface area contributed by atoms with Gasteiger partial charge in [-0.25, -0.2) is 0 Å². The number of hydrogen-bond donors (Lipinski definition) is 1. The number of hydrogen-bond acceptors (Lipinski definition) is 3. The van der Waals surface area contributed by atoms with E-state index in [0.29, 0.717) is 23.4 Å². The van der Waals surface area contributed by atoms with Gasteiger partial charge in [0, 0.05) is 10.1 Å². The van der Waals surface area contributed by atoms with Gasteiger partial charge in [-0.1, -0.05) is 41.9 Å². The Morgan fingerprint density at radius 3 is 2.86 bits per heavy atom. The number of para-hydroxylation sites is 1. The van der Waals surface area contributed by atoms with E-state index in [1.54, 1.807) is 0 Å². The molecule has 1 aliphatic heterocycles. The molecule has 3 rings (SSSR count). The van der Waals surface area contributed by atoms with Gasteiger partial charge in [0.2, 0.25) is 0 Å². The maximum absolute atomic E-state index is 6.27. The van der Waals surface area contributed by atoms with Crippen molar-refractivity contribution in [2.24, 2.45) is 5.73 Å². The fourth-order valence-electron chi connectivity index (χ4n) is 2.59. The summed E-state index contributed by atoms with van der Waals surface area (Å²) in [6.07, 6.45) is 1.84. The van der Waals surface area contributed by atoms with Crippen LogP contribution in [-0.4, -0.2) is 18.4 Å². The third-order valence-corrected chi connectivity index (χ3v) is 5.18. The minimum absolute atomic E-state index is 0.449. The van der Waals surface area contributed by atoms with Crippen molar-refractivity contribution in [3.8, 4) is 5.75 Å². The molecule has 2 nitrogen and oxygen atoms in total. The highest BCUT2D eigenvalue weighted by molar-refractivity contribution is 8.00. The third kappa shape index (κ3) is 3.37. The number of thioether (sulfide) groups is 1. The van der Waals surface area contributed by atoms with Gasteiger partial charge in [-0.2, -0.15) is 0 Å². The first kappa shape index (κ1) is 14.8. The summed E-state index contributed by atoms with van der Waals surface area (Å²) in [7, 11) is 0. The van der Waals surface area contributed by atoms with Crippen LogP contribution in [0.25, 0.3) is 0 Å². The summed E-state index contributed by atoms with van der Waals surface area (Å²) in [5.74, 6) is 0.793. The molecule has 0 aliphatic carbocycles. The van der Waals surface area contributed by atoms with Crippen LogP contribution in [0.5, 0.6) is 5.75 Å². The van der Waals surface area contributed by atoms with Gasteiger partial charge in [0.05, 0.1) is 5.02 Å². The summed E-state index contributed by atoms with van der Waals surface area (Å²) in [5, 5.41) is 1.12. The zero-order valence-electron chi connectivity index (χ0n) is 11.7. The minimum Gasteiger partial charge on any atom is -0.491 e. The van der Waals surface area contributed by atoms with Crippen LogP contribution in [0, 0.1) is 0 Å². The smallest absolute Gasteiger partial charge is 0.141 e. The molecular weight excluding hydrogens is 302 g/mol. The van der Waals surface area contributed by atoms with Crippen LogP contribution >= 0.6 is 23.4 Å². The SMILES string of the molecule is NCCc1cccc(Cl)c1OCC1Cc2ccccc2S1. The van der Waals surface area contributed by atoms with Crippen molar-refractivity contribution in [2.75, 3.05) is 13.2 Å². The Bertz CT molecular complexity index is 607. The van der Waals surface area contributed by atoms with E-state index in [9.17, 15) is 0 Å². The molecule has 0 amide bonds. The van der Waals surface area contributed by atoms with E-state index in [1.807, 2.05) is 30.0 Å². The second-order valence-corrected chi connectivity index (χ2v) is 6.88. The van der Waals surface area contributed by atoms with Gasteiger partial charge in [-0.3, -0.25) is 0 Å². The highest BCUT2D eigenvalue weighted by atomic mass is 35.5. The zero-order chi connectivity index (χ0) is 14.7. The molecule has 21 heavy (non-hydrogen) atoms. The Morgan fingerprint density at radius 2 is 2.05 bits per heavy atom. The first-order valence-corrected chi connectivity index (χ1v) is 8.38. The molecule has 0 saturated carbocycles. The summed E-state index contributed by atoms with van der Waals surface area (Å²) in [6.45, 7) is 1.26. The van der Waals surface area contributed by atoms with E-state index >= 15 is 0 Å². The van der Waals surface area contributed by atoms with E-state index in [-0.39, 0.29) is 0 Å². The van der Waals surface area contributed by atoms with Crippen LogP contribution in [-0.2, 0) is 12.8 Å². The zero-order valence-corrected chi connectivity index (χ0v) is 13.3. The summed E-state index contributed by atoms with van der Waals surface area (Å²) < 4.78 is 6.03. The Labute approximate surface area is 134 Å². The molecule has 1 heterocycles. The lowest BCUT2D eigenvalue weighted by Gasteiger charge is -2.15. The van der Waals surface area contributed by atoms with E-state index in [2.05, 4.69) is 24.3 Å². The molecule has 0 bridgehead atoms. The number of rotatable bonds is 5. The number of halogens is 1. The molecule has 2 aromatic carbocycles. The molecule has 2 N–H and O–H groups in total. The quantitative estimate of drug-likeness (QED) is 0.906. The van der Waals surface area contributed by atoms with E-state index in [0.717, 1.165) is 24.2 Å². The van der Waals surface area contributed by atoms with Gasteiger partial charge in [0.1, 0.15) is 12.4 Å². The van der Waals surface area contributed by atoms with Crippen LogP contribution in [0.2, 0.25) is 5.02 Å². The highest BCUT2D eigenvalue weighted by Crippen LogP contribution is 2.37. The molecule has 0 spiro atoms. The van der Waals surface area contributed by atoms with Crippen molar-refractivity contribution in [3.05, 3.63) is 58.6 Å². The molecule has 0 fully saturated rings. The molecule has 0 radical (unpaired) electrons. The van der Waals surface area contributed by atoms with Crippen molar-refractivity contribution in [3.63, 3.8) is 0 Å².